The Labute approximate surface area is 138 Å². The van der Waals surface area contributed by atoms with Crippen molar-refractivity contribution < 1.29 is 9.53 Å². The molecule has 122 valence electrons. The summed E-state index contributed by atoms with van der Waals surface area (Å²) in [4.78, 5) is 16.1. The first-order valence-corrected chi connectivity index (χ1v) is 7.80. The molecule has 24 heavy (non-hydrogen) atoms. The number of pyridine rings is 1. The number of imidazole rings is 1. The largest absolute Gasteiger partial charge is 0.464 e. The molecule has 0 atom stereocenters. The number of esters is 1. The van der Waals surface area contributed by atoms with Crippen LogP contribution in [0.2, 0.25) is 0 Å². The van der Waals surface area contributed by atoms with Crippen molar-refractivity contribution in [1.29, 1.82) is 0 Å². The molecular weight excluding hydrogens is 306 g/mol. The number of ether oxygens (including phenoxy) is 1. The van der Waals surface area contributed by atoms with Crippen LogP contribution < -0.4 is 0 Å². The molecule has 0 spiro atoms. The van der Waals surface area contributed by atoms with Crippen molar-refractivity contribution in [1.82, 2.24) is 24.4 Å². The molecule has 7 nitrogen and oxygen atoms in total. The number of nitrogens with zero attached hydrogens (tertiary/aromatic N) is 5. The summed E-state index contributed by atoms with van der Waals surface area (Å²) in [7, 11) is 1.32. The predicted molar refractivity (Wildman–Crippen MR) is 87.7 cm³/mol. The lowest BCUT2D eigenvalue weighted by atomic mass is 10.1. The molecule has 4 rings (SSSR count). The van der Waals surface area contributed by atoms with Gasteiger partial charge in [0.05, 0.1) is 25.5 Å². The van der Waals surface area contributed by atoms with E-state index in [4.69, 9.17) is 0 Å². The van der Waals surface area contributed by atoms with Crippen molar-refractivity contribution in [2.45, 2.75) is 25.3 Å². The van der Waals surface area contributed by atoms with Crippen molar-refractivity contribution >= 4 is 17.7 Å². The molecular formula is C17H17N5O2. The van der Waals surface area contributed by atoms with Gasteiger partial charge in [-0.1, -0.05) is 17.9 Å². The van der Waals surface area contributed by atoms with Gasteiger partial charge in [0.2, 0.25) is 0 Å². The van der Waals surface area contributed by atoms with Crippen LogP contribution in [-0.2, 0) is 11.3 Å². The van der Waals surface area contributed by atoms with Crippen LogP contribution in [0.4, 0.5) is 0 Å². The molecule has 3 aromatic rings. The number of fused-ring (bicyclic) bond motifs is 1. The Kier molecular flexibility index (Phi) is 3.41. The summed E-state index contributed by atoms with van der Waals surface area (Å²) >= 11 is 0. The summed E-state index contributed by atoms with van der Waals surface area (Å²) < 4.78 is 8.25. The molecule has 0 amide bonds. The van der Waals surface area contributed by atoms with Crippen molar-refractivity contribution in [2.75, 3.05) is 7.11 Å². The highest BCUT2D eigenvalue weighted by atomic mass is 16.5. The van der Waals surface area contributed by atoms with E-state index in [1.54, 1.807) is 10.9 Å². The molecule has 0 unspecified atom stereocenters. The number of rotatable bonds is 5. The number of aromatic nitrogens is 5. The Hall–Kier alpha value is -2.96. The van der Waals surface area contributed by atoms with Crippen LogP contribution in [0.5, 0.6) is 0 Å². The third kappa shape index (κ3) is 2.58. The molecule has 7 heteroatoms. The molecule has 0 aromatic carbocycles. The van der Waals surface area contributed by atoms with Gasteiger partial charge in [-0.15, -0.1) is 5.10 Å². The number of carbonyl (C=O) groups excluding carboxylic acids is 1. The Morgan fingerprint density at radius 1 is 1.42 bits per heavy atom. The number of hydrogen-bond acceptors (Lipinski definition) is 5. The molecule has 3 heterocycles. The fourth-order valence-electron chi connectivity index (χ4n) is 2.80. The fourth-order valence-corrected chi connectivity index (χ4v) is 2.80. The molecule has 1 fully saturated rings. The summed E-state index contributed by atoms with van der Waals surface area (Å²) in [6, 6.07) is 2.17. The first-order chi connectivity index (χ1) is 11.7. The Balaban J connectivity index is 1.66. The number of hydrogen-bond donors (Lipinski definition) is 0. The van der Waals surface area contributed by atoms with E-state index < -0.39 is 5.97 Å². The fraction of sp³-hybridized carbons (Fsp3) is 0.294. The van der Waals surface area contributed by atoms with Gasteiger partial charge in [-0.2, -0.15) is 0 Å². The van der Waals surface area contributed by atoms with E-state index in [-0.39, 0.29) is 5.69 Å². The Bertz CT molecular complexity index is 936. The molecule has 1 saturated carbocycles. The van der Waals surface area contributed by atoms with Gasteiger partial charge in [-0.25, -0.2) is 14.5 Å². The molecule has 0 aliphatic heterocycles. The second kappa shape index (κ2) is 5.59. The minimum atomic E-state index is -0.501. The van der Waals surface area contributed by atoms with Gasteiger partial charge < -0.3 is 9.14 Å². The van der Waals surface area contributed by atoms with Gasteiger partial charge in [0.25, 0.3) is 0 Å². The Morgan fingerprint density at radius 3 is 2.96 bits per heavy atom. The monoisotopic (exact) mass is 323 g/mol. The normalized spacial score (nSPS) is 14.0. The zero-order valence-corrected chi connectivity index (χ0v) is 13.3. The van der Waals surface area contributed by atoms with Crippen LogP contribution in [0.15, 0.2) is 31.2 Å². The van der Waals surface area contributed by atoms with Crippen LogP contribution in [0, 0.1) is 0 Å². The van der Waals surface area contributed by atoms with Crippen LogP contribution in [0.1, 0.15) is 46.1 Å². The van der Waals surface area contributed by atoms with Crippen molar-refractivity contribution in [3.63, 3.8) is 0 Å². The first-order valence-electron chi connectivity index (χ1n) is 7.80. The van der Waals surface area contributed by atoms with Gasteiger partial charge in [-0.3, -0.25) is 0 Å². The minimum Gasteiger partial charge on any atom is -0.464 e. The van der Waals surface area contributed by atoms with E-state index in [0.29, 0.717) is 12.5 Å². The molecule has 0 saturated heterocycles. The average molecular weight is 323 g/mol. The molecule has 1 aliphatic rings. The van der Waals surface area contributed by atoms with Gasteiger partial charge >= 0.3 is 5.97 Å². The number of carbonyl (C=O) groups is 1. The topological polar surface area (TPSA) is 74.3 Å². The zero-order chi connectivity index (χ0) is 16.7. The van der Waals surface area contributed by atoms with Crippen LogP contribution in [0.3, 0.4) is 0 Å². The molecule has 3 aromatic heterocycles. The van der Waals surface area contributed by atoms with Crippen LogP contribution in [-0.4, -0.2) is 37.5 Å². The summed E-state index contributed by atoms with van der Waals surface area (Å²) in [5.41, 5.74) is 4.25. The summed E-state index contributed by atoms with van der Waals surface area (Å²) in [5.74, 6) is 0.163. The maximum absolute atomic E-state index is 11.4. The lowest BCUT2D eigenvalue weighted by Crippen LogP contribution is -2.02. The highest BCUT2D eigenvalue weighted by Crippen LogP contribution is 2.40. The molecule has 0 bridgehead atoms. The third-order valence-electron chi connectivity index (χ3n) is 4.18. The maximum Gasteiger partial charge on any atom is 0.360 e. The smallest absolute Gasteiger partial charge is 0.360 e. The maximum atomic E-state index is 11.4. The van der Waals surface area contributed by atoms with E-state index in [9.17, 15) is 4.79 Å². The van der Waals surface area contributed by atoms with E-state index >= 15 is 0 Å². The lowest BCUT2D eigenvalue weighted by Gasteiger charge is -2.03. The van der Waals surface area contributed by atoms with E-state index in [2.05, 4.69) is 38.9 Å². The first kappa shape index (κ1) is 14.6. The van der Waals surface area contributed by atoms with E-state index in [1.165, 1.54) is 25.5 Å². The second-order valence-electron chi connectivity index (χ2n) is 5.96. The van der Waals surface area contributed by atoms with E-state index in [0.717, 1.165) is 16.9 Å². The van der Waals surface area contributed by atoms with Crippen molar-refractivity contribution in [3.8, 4) is 0 Å². The van der Waals surface area contributed by atoms with Crippen LogP contribution >= 0.6 is 0 Å². The summed E-state index contributed by atoms with van der Waals surface area (Å²) in [6.07, 6.45) is 10.0. The van der Waals surface area contributed by atoms with Gasteiger partial charge in [0.15, 0.2) is 5.69 Å². The summed E-state index contributed by atoms with van der Waals surface area (Å²) in [5, 5.41) is 7.75. The van der Waals surface area contributed by atoms with E-state index in [1.807, 2.05) is 16.7 Å². The molecule has 0 N–H and O–H groups in total. The SMILES string of the molecule is C=Cc1cc(C2CC2)cn2cc(Cn3cc(C(=O)OC)nn3)nc12. The predicted octanol–water partition coefficient (Wildman–Crippen LogP) is 2.28. The number of methoxy groups -OCH3 is 1. The van der Waals surface area contributed by atoms with Gasteiger partial charge in [0.1, 0.15) is 5.65 Å². The zero-order valence-electron chi connectivity index (χ0n) is 13.3. The highest BCUT2D eigenvalue weighted by Gasteiger charge is 2.24. The highest BCUT2D eigenvalue weighted by molar-refractivity contribution is 5.86. The van der Waals surface area contributed by atoms with Crippen molar-refractivity contribution in [2.24, 2.45) is 0 Å². The summed E-state index contributed by atoms with van der Waals surface area (Å²) in [6.45, 7) is 4.33. The van der Waals surface area contributed by atoms with Gasteiger partial charge in [-0.05, 0) is 30.4 Å². The standard InChI is InChI=1S/C17H17N5O2/c1-3-11-6-13(12-4-5-12)7-21-8-14(18-16(11)21)9-22-10-15(19-20-22)17(23)24-2/h3,6-8,10,12H,1,4-5,9H2,2H3. The van der Waals surface area contributed by atoms with Crippen LogP contribution in [0.25, 0.3) is 11.7 Å². The van der Waals surface area contributed by atoms with Gasteiger partial charge in [0, 0.05) is 18.0 Å². The lowest BCUT2D eigenvalue weighted by molar-refractivity contribution is 0.0594. The van der Waals surface area contributed by atoms with Crippen molar-refractivity contribution in [3.05, 3.63) is 53.8 Å². The molecule has 0 radical (unpaired) electrons. The minimum absolute atomic E-state index is 0.184. The average Bonchev–Trinajstić information content (AvgIpc) is 3.21. The third-order valence-corrected chi connectivity index (χ3v) is 4.18. The molecule has 1 aliphatic carbocycles. The quantitative estimate of drug-likeness (QED) is 0.673. The Morgan fingerprint density at radius 2 is 2.25 bits per heavy atom. The second-order valence-corrected chi connectivity index (χ2v) is 5.96.